The zero-order chi connectivity index (χ0) is 31.9. The molecule has 2 aliphatic rings. The van der Waals surface area contributed by atoms with Crippen molar-refractivity contribution in [3.8, 4) is 0 Å². The molecule has 0 heteroatoms. The summed E-state index contributed by atoms with van der Waals surface area (Å²) < 4.78 is 0. The van der Waals surface area contributed by atoms with Gasteiger partial charge >= 0.3 is 0 Å². The van der Waals surface area contributed by atoms with Crippen LogP contribution >= 0.6 is 0 Å². The van der Waals surface area contributed by atoms with Crippen molar-refractivity contribution in [1.29, 1.82) is 0 Å². The zero-order valence-electron chi connectivity index (χ0n) is 29.4. The fourth-order valence-corrected chi connectivity index (χ4v) is 1.77. The Labute approximate surface area is 244 Å². The molecule has 0 saturated carbocycles. The first-order valence-corrected chi connectivity index (χ1v) is 15.8. The van der Waals surface area contributed by atoms with Crippen LogP contribution in [0.3, 0.4) is 0 Å². The number of hydrogen-bond donors (Lipinski definition) is 0. The van der Waals surface area contributed by atoms with E-state index in [1.165, 1.54) is 11.1 Å². The maximum Gasteiger partial charge on any atom is -0.0101 e. The summed E-state index contributed by atoms with van der Waals surface area (Å²) in [6.45, 7) is 36.0. The minimum absolute atomic E-state index is 1.14. The summed E-state index contributed by atoms with van der Waals surface area (Å²) in [5.74, 6) is 0. The first kappa shape index (κ1) is 55.8. The normalized spacial score (nSPS) is 7.84. The highest BCUT2D eigenvalue weighted by Crippen LogP contribution is 2.15. The summed E-state index contributed by atoms with van der Waals surface area (Å²) in [5, 5.41) is 0. The van der Waals surface area contributed by atoms with E-state index in [9.17, 15) is 0 Å². The molecule has 0 radical (unpaired) electrons. The van der Waals surface area contributed by atoms with Crippen LogP contribution in [0.2, 0.25) is 0 Å². The standard InChI is InChI=1S/C9H6.C6H6.C5H6.9C2H6/c1-2-5-9-7-3-6-8(9)4-1;1-2-4-6-5-3-1;1-2-4-5-3-1;9*1-2/h1-2,4-7H;1-6H;1-4H,5H2;9*1-2H3. The van der Waals surface area contributed by atoms with E-state index in [2.05, 4.69) is 42.2 Å². The van der Waals surface area contributed by atoms with Crippen LogP contribution < -0.4 is 0 Å². The van der Waals surface area contributed by atoms with Crippen molar-refractivity contribution in [2.75, 3.05) is 0 Å². The van der Waals surface area contributed by atoms with Crippen LogP contribution in [0.4, 0.5) is 0 Å². The minimum atomic E-state index is 1.14. The number of allylic oxidation sites excluding steroid dienone is 4. The third kappa shape index (κ3) is 54.4. The Morgan fingerprint density at radius 3 is 0.789 bits per heavy atom. The van der Waals surface area contributed by atoms with Gasteiger partial charge < -0.3 is 0 Å². The van der Waals surface area contributed by atoms with Gasteiger partial charge in [-0.25, -0.2) is 0 Å². The van der Waals surface area contributed by atoms with Crippen molar-refractivity contribution < 1.29 is 0 Å². The molecule has 0 fully saturated rings. The Morgan fingerprint density at radius 2 is 0.605 bits per heavy atom. The van der Waals surface area contributed by atoms with E-state index in [-0.39, 0.29) is 0 Å². The summed E-state index contributed by atoms with van der Waals surface area (Å²) >= 11 is 0. The third-order valence-corrected chi connectivity index (χ3v) is 2.80. The maximum absolute atomic E-state index is 3.04. The van der Waals surface area contributed by atoms with Gasteiger partial charge in [-0.3, -0.25) is 0 Å². The highest BCUT2D eigenvalue weighted by Gasteiger charge is 1.95. The highest BCUT2D eigenvalue weighted by atomic mass is 14.0. The molecule has 2 aromatic carbocycles. The molecule has 0 unspecified atom stereocenters. The van der Waals surface area contributed by atoms with E-state index in [1.54, 1.807) is 0 Å². The molecular formula is C38H72. The molecule has 0 atom stereocenters. The topological polar surface area (TPSA) is 0 Å². The lowest BCUT2D eigenvalue weighted by molar-refractivity contribution is 1.45. The lowest BCUT2D eigenvalue weighted by atomic mass is 10.1. The van der Waals surface area contributed by atoms with Crippen LogP contribution in [-0.4, -0.2) is 0 Å². The van der Waals surface area contributed by atoms with E-state index in [1.807, 2.05) is 185 Å². The largest absolute Gasteiger partial charge is 0.120 e. The maximum atomic E-state index is 3.04. The van der Waals surface area contributed by atoms with E-state index >= 15 is 0 Å². The van der Waals surface area contributed by atoms with Crippen molar-refractivity contribution in [3.63, 3.8) is 0 Å². The quantitative estimate of drug-likeness (QED) is 0.254. The van der Waals surface area contributed by atoms with Gasteiger partial charge in [-0.2, -0.15) is 0 Å². The SMILES string of the molecule is C1=CCC=C1.C1=Cc2ccccc2C=1.CC.CC.CC.CC.CC.CC.CC.CC.CC.c1ccccc1. The van der Waals surface area contributed by atoms with E-state index in [0.717, 1.165) is 6.42 Å². The van der Waals surface area contributed by atoms with E-state index in [0.29, 0.717) is 0 Å². The molecule has 2 aliphatic carbocycles. The van der Waals surface area contributed by atoms with Crippen LogP contribution in [0.5, 0.6) is 0 Å². The summed E-state index contributed by atoms with van der Waals surface area (Å²) in [6, 6.07) is 20.3. The summed E-state index contributed by atoms with van der Waals surface area (Å²) in [4.78, 5) is 0. The molecule has 224 valence electrons. The molecule has 0 bridgehead atoms. The predicted molar refractivity (Wildman–Crippen MR) is 190 cm³/mol. The smallest absolute Gasteiger partial charge is 0.0101 e. The van der Waals surface area contributed by atoms with Crippen LogP contribution in [-0.2, 0) is 0 Å². The molecule has 0 nitrogen and oxygen atoms in total. The number of rotatable bonds is 0. The lowest BCUT2D eigenvalue weighted by Crippen LogP contribution is -1.72. The van der Waals surface area contributed by atoms with Gasteiger partial charge in [0.15, 0.2) is 0 Å². The van der Waals surface area contributed by atoms with Crippen molar-refractivity contribution in [1.82, 2.24) is 0 Å². The van der Waals surface area contributed by atoms with Crippen LogP contribution in [0.25, 0.3) is 12.2 Å². The Bertz CT molecular complexity index is 560. The van der Waals surface area contributed by atoms with Gasteiger partial charge in [0.05, 0.1) is 0 Å². The van der Waals surface area contributed by atoms with Crippen LogP contribution in [0.1, 0.15) is 142 Å². The molecule has 0 aliphatic heterocycles. The molecular weight excluding hydrogens is 456 g/mol. The molecule has 38 heavy (non-hydrogen) atoms. The Kier molecular flexibility index (Phi) is 123. The lowest BCUT2D eigenvalue weighted by Gasteiger charge is -1.91. The molecule has 0 N–H and O–H groups in total. The average Bonchev–Trinajstić information content (AvgIpc) is 3.83. The second kappa shape index (κ2) is 83.8. The zero-order valence-corrected chi connectivity index (χ0v) is 29.4. The summed E-state index contributed by atoms with van der Waals surface area (Å²) in [6.07, 6.45) is 13.5. The van der Waals surface area contributed by atoms with Crippen LogP contribution in [0.15, 0.2) is 90.7 Å². The van der Waals surface area contributed by atoms with Crippen LogP contribution in [0, 0.1) is 0 Å². The van der Waals surface area contributed by atoms with Gasteiger partial charge in [0.1, 0.15) is 0 Å². The number of benzene rings is 2. The third-order valence-electron chi connectivity index (χ3n) is 2.80. The highest BCUT2D eigenvalue weighted by molar-refractivity contribution is 5.72. The second-order valence-corrected chi connectivity index (χ2v) is 4.33. The minimum Gasteiger partial charge on any atom is -0.120 e. The first-order chi connectivity index (χ1) is 19.0. The molecule has 0 saturated heterocycles. The summed E-state index contributed by atoms with van der Waals surface area (Å²) in [7, 11) is 0. The van der Waals surface area contributed by atoms with Crippen molar-refractivity contribution in [2.24, 2.45) is 0 Å². The molecule has 0 aromatic heterocycles. The molecule has 0 amide bonds. The number of fused-ring (bicyclic) bond motifs is 1. The molecule has 4 rings (SSSR count). The Balaban J connectivity index is -0.0000000467. The van der Waals surface area contributed by atoms with Gasteiger partial charge in [0, 0.05) is 0 Å². The number of hydrogen-bond acceptors (Lipinski definition) is 0. The van der Waals surface area contributed by atoms with Crippen molar-refractivity contribution in [3.05, 3.63) is 102 Å². The van der Waals surface area contributed by atoms with Gasteiger partial charge in [-0.15, -0.1) is 5.73 Å². The fourth-order valence-electron chi connectivity index (χ4n) is 1.77. The molecule has 0 heterocycles. The average molecular weight is 529 g/mol. The van der Waals surface area contributed by atoms with E-state index in [4.69, 9.17) is 0 Å². The monoisotopic (exact) mass is 529 g/mol. The molecule has 0 spiro atoms. The fraction of sp³-hybridized carbons (Fsp3) is 0.500. The first-order valence-electron chi connectivity index (χ1n) is 15.8. The van der Waals surface area contributed by atoms with Gasteiger partial charge in [-0.1, -0.05) is 210 Å². The van der Waals surface area contributed by atoms with Crippen molar-refractivity contribution in [2.45, 2.75) is 131 Å². The van der Waals surface area contributed by atoms with Gasteiger partial charge in [0.25, 0.3) is 0 Å². The Morgan fingerprint density at radius 1 is 0.368 bits per heavy atom. The van der Waals surface area contributed by atoms with E-state index < -0.39 is 0 Å². The Hall–Kier alpha value is -2.56. The van der Waals surface area contributed by atoms with Gasteiger partial charge in [-0.05, 0) is 29.7 Å². The molecule has 2 aromatic rings. The predicted octanol–water partition coefficient (Wildman–Crippen LogP) is 14.8. The summed E-state index contributed by atoms with van der Waals surface area (Å²) in [5.41, 5.74) is 5.59. The van der Waals surface area contributed by atoms with Crippen molar-refractivity contribution >= 4 is 12.2 Å². The van der Waals surface area contributed by atoms with Gasteiger partial charge in [0.2, 0.25) is 0 Å². The second-order valence-electron chi connectivity index (χ2n) is 4.33.